The Morgan fingerprint density at radius 3 is 2.56 bits per heavy atom. The van der Waals surface area contributed by atoms with Crippen molar-refractivity contribution >= 4 is 21.6 Å². The Morgan fingerprint density at radius 1 is 1.33 bits per heavy atom. The molecule has 1 N–H and O–H groups in total. The van der Waals surface area contributed by atoms with E-state index in [2.05, 4.69) is 20.2 Å². The monoisotopic (exact) mass is 287 g/mol. The summed E-state index contributed by atoms with van der Waals surface area (Å²) in [6.07, 6.45) is 0. The lowest BCUT2D eigenvalue weighted by Crippen LogP contribution is -2.24. The molecule has 18 heavy (non-hydrogen) atoms. The van der Waals surface area contributed by atoms with Crippen LogP contribution in [0.4, 0.5) is 0 Å². The lowest BCUT2D eigenvalue weighted by molar-refractivity contribution is 0.575. The second-order valence-electron chi connectivity index (χ2n) is 3.50. The van der Waals surface area contributed by atoms with Gasteiger partial charge in [0.15, 0.2) is 5.82 Å². The summed E-state index contributed by atoms with van der Waals surface area (Å²) in [5.41, 5.74) is 0. The van der Waals surface area contributed by atoms with Crippen molar-refractivity contribution in [1.29, 1.82) is 0 Å². The van der Waals surface area contributed by atoms with Crippen molar-refractivity contribution < 1.29 is 8.42 Å². The second kappa shape index (κ2) is 5.01. The third-order valence-corrected chi connectivity index (χ3v) is 3.92. The molecular formula is C9H10ClN5O2S. The molecule has 2 aromatic rings. The molecule has 9 heteroatoms. The minimum atomic E-state index is -3.59. The zero-order chi connectivity index (χ0) is 13.2. The fourth-order valence-corrected chi connectivity index (χ4v) is 2.36. The van der Waals surface area contributed by atoms with E-state index in [0.29, 0.717) is 10.8 Å². The summed E-state index contributed by atoms with van der Waals surface area (Å²) in [6, 6.07) is 5.89. The summed E-state index contributed by atoms with van der Waals surface area (Å²) in [7, 11) is -1.96. The molecule has 0 amide bonds. The zero-order valence-electron chi connectivity index (χ0n) is 9.41. The van der Waals surface area contributed by atoms with Crippen LogP contribution in [0.5, 0.6) is 0 Å². The fraction of sp³-hybridized carbons (Fsp3) is 0.222. The molecule has 0 aliphatic heterocycles. The molecule has 0 saturated carbocycles. The van der Waals surface area contributed by atoms with E-state index in [1.54, 1.807) is 7.05 Å². The van der Waals surface area contributed by atoms with Gasteiger partial charge in [-0.3, -0.25) is 0 Å². The highest BCUT2D eigenvalue weighted by molar-refractivity contribution is 7.89. The van der Waals surface area contributed by atoms with Gasteiger partial charge < -0.3 is 0 Å². The first-order chi connectivity index (χ1) is 8.49. The van der Waals surface area contributed by atoms with Crippen LogP contribution in [0.1, 0.15) is 5.82 Å². The lowest BCUT2D eigenvalue weighted by Gasteiger charge is -2.05. The normalized spacial score (nSPS) is 11.7. The molecule has 96 valence electrons. The highest BCUT2D eigenvalue weighted by atomic mass is 35.5. The second-order valence-corrected chi connectivity index (χ2v) is 5.70. The van der Waals surface area contributed by atoms with Crippen molar-refractivity contribution in [3.8, 4) is 0 Å². The number of aromatic nitrogens is 4. The van der Waals surface area contributed by atoms with E-state index in [1.165, 1.54) is 28.9 Å². The zero-order valence-corrected chi connectivity index (χ0v) is 11.0. The molecule has 7 nitrogen and oxygen atoms in total. The van der Waals surface area contributed by atoms with E-state index in [4.69, 9.17) is 11.6 Å². The van der Waals surface area contributed by atoms with Gasteiger partial charge in [0, 0.05) is 12.1 Å². The molecule has 0 aliphatic rings. The van der Waals surface area contributed by atoms with Gasteiger partial charge in [-0.15, -0.1) is 5.10 Å². The van der Waals surface area contributed by atoms with Crippen LogP contribution in [0.3, 0.4) is 0 Å². The van der Waals surface area contributed by atoms with Crippen LogP contribution in [0.2, 0.25) is 5.02 Å². The molecule has 0 spiro atoms. The smallest absolute Gasteiger partial charge is 0.231 e. The third kappa shape index (κ3) is 2.84. The van der Waals surface area contributed by atoms with Crippen LogP contribution in [0.25, 0.3) is 0 Å². The van der Waals surface area contributed by atoms with Crippen LogP contribution >= 0.6 is 11.6 Å². The van der Waals surface area contributed by atoms with E-state index in [0.717, 1.165) is 0 Å². The van der Waals surface area contributed by atoms with Crippen LogP contribution in [-0.2, 0) is 23.6 Å². The maximum Gasteiger partial charge on any atom is 0.240 e. The number of tetrazole rings is 1. The molecule has 1 heterocycles. The van der Waals surface area contributed by atoms with Crippen molar-refractivity contribution in [2.75, 3.05) is 0 Å². The number of nitrogens with zero attached hydrogens (tertiary/aromatic N) is 4. The number of hydrogen-bond acceptors (Lipinski definition) is 5. The quantitative estimate of drug-likeness (QED) is 0.876. The van der Waals surface area contributed by atoms with Crippen LogP contribution in [0.15, 0.2) is 29.2 Å². The Morgan fingerprint density at radius 2 is 2.00 bits per heavy atom. The SMILES string of the molecule is Cn1nnnc1CNS(=O)(=O)c1ccc(Cl)cc1. The van der Waals surface area contributed by atoms with E-state index < -0.39 is 10.0 Å². The molecule has 0 saturated heterocycles. The lowest BCUT2D eigenvalue weighted by atomic mass is 10.4. The van der Waals surface area contributed by atoms with Gasteiger partial charge >= 0.3 is 0 Å². The fourth-order valence-electron chi connectivity index (χ4n) is 1.25. The van der Waals surface area contributed by atoms with Gasteiger partial charge in [-0.2, -0.15) is 0 Å². The van der Waals surface area contributed by atoms with E-state index in [1.807, 2.05) is 0 Å². The van der Waals surface area contributed by atoms with Gasteiger partial charge in [0.05, 0.1) is 11.4 Å². The summed E-state index contributed by atoms with van der Waals surface area (Å²) in [5, 5.41) is 11.2. The van der Waals surface area contributed by atoms with E-state index in [9.17, 15) is 8.42 Å². The average molecular weight is 288 g/mol. The highest BCUT2D eigenvalue weighted by Gasteiger charge is 2.14. The summed E-state index contributed by atoms with van der Waals surface area (Å²) >= 11 is 5.70. The highest BCUT2D eigenvalue weighted by Crippen LogP contribution is 2.13. The van der Waals surface area contributed by atoms with Crippen LogP contribution in [-0.4, -0.2) is 28.6 Å². The number of benzene rings is 1. The van der Waals surface area contributed by atoms with Gasteiger partial charge in [-0.1, -0.05) is 11.6 Å². The number of nitrogens with one attached hydrogen (secondary N) is 1. The molecule has 0 fully saturated rings. The number of aryl methyl sites for hydroxylation is 1. The third-order valence-electron chi connectivity index (χ3n) is 2.25. The predicted octanol–water partition coefficient (Wildman–Crippen LogP) is 0.342. The Hall–Kier alpha value is -1.51. The number of halogens is 1. The first-order valence-electron chi connectivity index (χ1n) is 4.95. The van der Waals surface area contributed by atoms with Crippen molar-refractivity contribution in [3.63, 3.8) is 0 Å². The van der Waals surface area contributed by atoms with Crippen LogP contribution < -0.4 is 4.72 Å². The minimum absolute atomic E-state index is 0.0223. The summed E-state index contributed by atoms with van der Waals surface area (Å²) < 4.78 is 27.6. The Balaban J connectivity index is 2.13. The molecule has 0 aliphatic carbocycles. The van der Waals surface area contributed by atoms with Crippen molar-refractivity contribution in [2.45, 2.75) is 11.4 Å². The number of hydrogen-bond donors (Lipinski definition) is 1. The Kier molecular flexibility index (Phi) is 3.60. The maximum absolute atomic E-state index is 11.9. The van der Waals surface area contributed by atoms with Gasteiger partial charge in [-0.05, 0) is 34.7 Å². The molecule has 0 radical (unpaired) electrons. The molecule has 0 bridgehead atoms. The summed E-state index contributed by atoms with van der Waals surface area (Å²) in [6.45, 7) is 0.0223. The standard InChI is InChI=1S/C9H10ClN5O2S/c1-15-9(12-13-14-15)6-11-18(16,17)8-4-2-7(10)3-5-8/h2-5,11H,6H2,1H3. The van der Waals surface area contributed by atoms with Gasteiger partial charge in [0.25, 0.3) is 0 Å². The van der Waals surface area contributed by atoms with E-state index in [-0.39, 0.29) is 11.4 Å². The molecule has 0 atom stereocenters. The predicted molar refractivity (Wildman–Crippen MR) is 64.3 cm³/mol. The minimum Gasteiger partial charge on any atom is -0.231 e. The Labute approximate surface area is 109 Å². The molecule has 1 aromatic carbocycles. The van der Waals surface area contributed by atoms with Crippen molar-refractivity contribution in [1.82, 2.24) is 24.9 Å². The molecule has 2 rings (SSSR count). The summed E-state index contributed by atoms with van der Waals surface area (Å²) in [4.78, 5) is 0.141. The van der Waals surface area contributed by atoms with Gasteiger partial charge in [0.1, 0.15) is 0 Å². The van der Waals surface area contributed by atoms with Crippen LogP contribution in [0, 0.1) is 0 Å². The molecular weight excluding hydrogens is 278 g/mol. The Bertz CT molecular complexity index is 637. The topological polar surface area (TPSA) is 89.8 Å². The van der Waals surface area contributed by atoms with E-state index >= 15 is 0 Å². The van der Waals surface area contributed by atoms with Gasteiger partial charge in [0.2, 0.25) is 10.0 Å². The van der Waals surface area contributed by atoms with Crippen molar-refractivity contribution in [2.24, 2.45) is 7.05 Å². The number of rotatable bonds is 4. The average Bonchev–Trinajstić information content (AvgIpc) is 2.73. The summed E-state index contributed by atoms with van der Waals surface area (Å²) in [5.74, 6) is 0.424. The number of sulfonamides is 1. The van der Waals surface area contributed by atoms with Gasteiger partial charge in [-0.25, -0.2) is 17.8 Å². The largest absolute Gasteiger partial charge is 0.240 e. The molecule has 0 unspecified atom stereocenters. The first kappa shape index (κ1) is 12.9. The van der Waals surface area contributed by atoms with Crippen molar-refractivity contribution in [3.05, 3.63) is 35.1 Å². The molecule has 1 aromatic heterocycles. The first-order valence-corrected chi connectivity index (χ1v) is 6.81. The maximum atomic E-state index is 11.9.